The van der Waals surface area contributed by atoms with Crippen molar-refractivity contribution >= 4 is 39.8 Å². The molecule has 1 heterocycles. The topological polar surface area (TPSA) is 23.6 Å². The van der Waals surface area contributed by atoms with Gasteiger partial charge in [0, 0.05) is 25.0 Å². The minimum absolute atomic E-state index is 0.160. The zero-order valence-corrected chi connectivity index (χ0v) is 13.5. The number of hydrogen-bond acceptors (Lipinski definition) is 3. The van der Waals surface area contributed by atoms with E-state index in [0.717, 1.165) is 34.5 Å². The van der Waals surface area contributed by atoms with Gasteiger partial charge >= 0.3 is 0 Å². The summed E-state index contributed by atoms with van der Waals surface area (Å²) in [5.74, 6) is 0.160. The van der Waals surface area contributed by atoms with E-state index in [1.807, 2.05) is 30.4 Å². The maximum Gasteiger partial charge on any atom is 0.254 e. The monoisotopic (exact) mass is 366 g/mol. The number of hydrogen-bond donors (Lipinski definition) is 0. The Morgan fingerprint density at radius 1 is 1.35 bits per heavy atom. The summed E-state index contributed by atoms with van der Waals surface area (Å²) in [4.78, 5) is 16.3. The summed E-state index contributed by atoms with van der Waals surface area (Å²) in [7, 11) is 4.06. The summed E-state index contributed by atoms with van der Waals surface area (Å²) in [6.07, 6.45) is 1.00. The molecule has 0 saturated carbocycles. The van der Waals surface area contributed by atoms with Gasteiger partial charge in [-0.15, -0.1) is 11.3 Å². The Bertz CT molecular complexity index is 365. The second-order valence-corrected chi connectivity index (χ2v) is 7.04. The lowest BCUT2D eigenvalue weighted by Gasteiger charge is -2.23. The van der Waals surface area contributed by atoms with Crippen LogP contribution in [0.1, 0.15) is 23.7 Å². The van der Waals surface area contributed by atoms with Crippen LogP contribution in [0.5, 0.6) is 0 Å². The van der Waals surface area contributed by atoms with E-state index in [1.54, 1.807) is 11.3 Å². The summed E-state index contributed by atoms with van der Waals surface area (Å²) < 4.78 is 1.16. The fraction of sp³-hybridized carbons (Fsp3) is 0.583. The molecule has 0 aromatic carbocycles. The van der Waals surface area contributed by atoms with Crippen molar-refractivity contribution in [2.24, 2.45) is 0 Å². The number of likely N-dealkylation sites (N-methyl/N-ethyl adjacent to an activating group) is 1. The molecule has 0 spiro atoms. The number of rotatable bonds is 6. The molecule has 0 N–H and O–H groups in total. The minimum atomic E-state index is 0.160. The SMILES string of the molecule is CCCN(CCN(C)C)C(=O)c1csc(I)c1. The molecule has 1 aromatic rings. The Morgan fingerprint density at radius 2 is 2.06 bits per heavy atom. The van der Waals surface area contributed by atoms with Crippen molar-refractivity contribution in [3.63, 3.8) is 0 Å². The van der Waals surface area contributed by atoms with Crippen LogP contribution in [-0.4, -0.2) is 49.4 Å². The second kappa shape index (κ2) is 7.33. The van der Waals surface area contributed by atoms with Gasteiger partial charge in [-0.1, -0.05) is 6.92 Å². The molecule has 0 aliphatic carbocycles. The average molecular weight is 366 g/mol. The smallest absolute Gasteiger partial charge is 0.254 e. The van der Waals surface area contributed by atoms with E-state index >= 15 is 0 Å². The Hall–Kier alpha value is -0.140. The van der Waals surface area contributed by atoms with Gasteiger partial charge in [-0.25, -0.2) is 0 Å². The first kappa shape index (κ1) is 14.9. The predicted molar refractivity (Wildman–Crippen MR) is 81.8 cm³/mol. The van der Waals surface area contributed by atoms with Crippen molar-refractivity contribution in [1.82, 2.24) is 9.80 Å². The first-order valence-corrected chi connectivity index (χ1v) is 7.68. The molecule has 17 heavy (non-hydrogen) atoms. The number of carbonyl (C=O) groups is 1. The standard InChI is InChI=1S/C12H19IN2OS/c1-4-5-15(7-6-14(2)3)12(16)10-8-11(13)17-9-10/h8-9H,4-7H2,1-3H3. The zero-order valence-electron chi connectivity index (χ0n) is 10.6. The highest BCUT2D eigenvalue weighted by Crippen LogP contribution is 2.18. The Balaban J connectivity index is 2.66. The summed E-state index contributed by atoms with van der Waals surface area (Å²) in [6, 6.07) is 1.96. The van der Waals surface area contributed by atoms with Gasteiger partial charge in [-0.2, -0.15) is 0 Å². The summed E-state index contributed by atoms with van der Waals surface area (Å²) >= 11 is 3.87. The lowest BCUT2D eigenvalue weighted by molar-refractivity contribution is 0.0745. The third-order valence-electron chi connectivity index (χ3n) is 2.41. The predicted octanol–water partition coefficient (Wildman–Crippen LogP) is 2.77. The number of amides is 1. The van der Waals surface area contributed by atoms with Gasteiger partial charge in [0.05, 0.1) is 8.45 Å². The van der Waals surface area contributed by atoms with Gasteiger partial charge in [-0.3, -0.25) is 4.79 Å². The molecule has 3 nitrogen and oxygen atoms in total. The molecular weight excluding hydrogens is 347 g/mol. The maximum absolute atomic E-state index is 12.3. The molecule has 1 rings (SSSR count). The van der Waals surface area contributed by atoms with Crippen molar-refractivity contribution in [3.05, 3.63) is 19.9 Å². The maximum atomic E-state index is 12.3. The minimum Gasteiger partial charge on any atom is -0.337 e. The van der Waals surface area contributed by atoms with Crippen molar-refractivity contribution in [3.8, 4) is 0 Å². The summed E-state index contributed by atoms with van der Waals surface area (Å²) in [5, 5.41) is 1.95. The van der Waals surface area contributed by atoms with Gasteiger partial charge in [0.15, 0.2) is 0 Å². The molecule has 1 aromatic heterocycles. The molecule has 1 amide bonds. The van der Waals surface area contributed by atoms with E-state index in [1.165, 1.54) is 0 Å². The molecular formula is C12H19IN2OS. The van der Waals surface area contributed by atoms with Gasteiger partial charge in [0.2, 0.25) is 0 Å². The highest BCUT2D eigenvalue weighted by molar-refractivity contribution is 14.1. The Labute approximate surface area is 121 Å². The molecule has 0 atom stereocenters. The zero-order chi connectivity index (χ0) is 12.8. The molecule has 0 aliphatic rings. The van der Waals surface area contributed by atoms with Crippen LogP contribution in [0.4, 0.5) is 0 Å². The third-order valence-corrected chi connectivity index (χ3v) is 4.20. The highest BCUT2D eigenvalue weighted by Gasteiger charge is 2.16. The van der Waals surface area contributed by atoms with Gasteiger partial charge in [-0.05, 0) is 49.2 Å². The van der Waals surface area contributed by atoms with Gasteiger partial charge < -0.3 is 9.80 Å². The van der Waals surface area contributed by atoms with Crippen molar-refractivity contribution in [2.75, 3.05) is 33.7 Å². The highest BCUT2D eigenvalue weighted by atomic mass is 127. The van der Waals surface area contributed by atoms with E-state index in [0.29, 0.717) is 0 Å². The van der Waals surface area contributed by atoms with Gasteiger partial charge in [0.25, 0.3) is 5.91 Å². The van der Waals surface area contributed by atoms with Crippen molar-refractivity contribution in [2.45, 2.75) is 13.3 Å². The third kappa shape index (κ3) is 4.93. The molecule has 0 saturated heterocycles. The lowest BCUT2D eigenvalue weighted by atomic mass is 10.2. The normalized spacial score (nSPS) is 10.9. The molecule has 0 unspecified atom stereocenters. The van der Waals surface area contributed by atoms with Crippen LogP contribution in [0.15, 0.2) is 11.4 Å². The summed E-state index contributed by atoms with van der Waals surface area (Å²) in [6.45, 7) is 4.64. The largest absolute Gasteiger partial charge is 0.337 e. The van der Waals surface area contributed by atoms with Crippen LogP contribution in [0.2, 0.25) is 0 Å². The van der Waals surface area contributed by atoms with Crippen LogP contribution in [0.25, 0.3) is 0 Å². The fourth-order valence-corrected chi connectivity index (χ4v) is 2.83. The Morgan fingerprint density at radius 3 is 2.53 bits per heavy atom. The van der Waals surface area contributed by atoms with E-state index in [9.17, 15) is 4.79 Å². The van der Waals surface area contributed by atoms with Crippen molar-refractivity contribution < 1.29 is 4.79 Å². The Kier molecular flexibility index (Phi) is 6.43. The molecule has 5 heteroatoms. The quantitative estimate of drug-likeness (QED) is 0.723. The number of nitrogens with zero attached hydrogens (tertiary/aromatic N) is 2. The van der Waals surface area contributed by atoms with Gasteiger partial charge in [0.1, 0.15) is 0 Å². The first-order valence-electron chi connectivity index (χ1n) is 5.72. The first-order chi connectivity index (χ1) is 8.04. The van der Waals surface area contributed by atoms with E-state index in [-0.39, 0.29) is 5.91 Å². The second-order valence-electron chi connectivity index (χ2n) is 4.23. The summed E-state index contributed by atoms with van der Waals surface area (Å²) in [5.41, 5.74) is 0.826. The molecule has 0 aliphatic heterocycles. The van der Waals surface area contributed by atoms with E-state index < -0.39 is 0 Å². The van der Waals surface area contributed by atoms with Crippen LogP contribution >= 0.6 is 33.9 Å². The van der Waals surface area contributed by atoms with Crippen LogP contribution in [0.3, 0.4) is 0 Å². The van der Waals surface area contributed by atoms with Crippen LogP contribution in [-0.2, 0) is 0 Å². The fourth-order valence-electron chi connectivity index (χ4n) is 1.51. The van der Waals surface area contributed by atoms with E-state index in [2.05, 4.69) is 34.4 Å². The lowest BCUT2D eigenvalue weighted by Crippen LogP contribution is -2.37. The average Bonchev–Trinajstić information content (AvgIpc) is 2.70. The number of thiophene rings is 1. The number of halogens is 1. The van der Waals surface area contributed by atoms with Crippen molar-refractivity contribution in [1.29, 1.82) is 0 Å². The van der Waals surface area contributed by atoms with E-state index in [4.69, 9.17) is 0 Å². The molecule has 96 valence electrons. The molecule has 0 radical (unpaired) electrons. The molecule has 0 fully saturated rings. The number of carbonyl (C=O) groups excluding carboxylic acids is 1. The molecule has 0 bridgehead atoms. The van der Waals surface area contributed by atoms with Crippen LogP contribution < -0.4 is 0 Å². The van der Waals surface area contributed by atoms with Crippen LogP contribution in [0, 0.1) is 2.88 Å².